The lowest BCUT2D eigenvalue weighted by Gasteiger charge is -2.08. The topological polar surface area (TPSA) is 0 Å². The second-order valence-electron chi connectivity index (χ2n) is 5.89. The number of hydrogen-bond acceptors (Lipinski definition) is 0. The third-order valence-corrected chi connectivity index (χ3v) is 4.09. The van der Waals surface area contributed by atoms with E-state index in [4.69, 9.17) is 0 Å². The lowest BCUT2D eigenvalue weighted by Crippen LogP contribution is -2.06. The van der Waals surface area contributed by atoms with Gasteiger partial charge in [0.15, 0.2) is 23.3 Å². The first-order valence-electron chi connectivity index (χ1n) is 8.09. The maximum atomic E-state index is 14.2. The van der Waals surface area contributed by atoms with Gasteiger partial charge >= 0.3 is 0 Å². The van der Waals surface area contributed by atoms with Gasteiger partial charge in [-0.1, -0.05) is 30.0 Å². The van der Waals surface area contributed by atoms with Gasteiger partial charge in [-0.25, -0.2) is 22.0 Å². The molecule has 0 fully saturated rings. The highest BCUT2D eigenvalue weighted by molar-refractivity contribution is 5.84. The Kier molecular flexibility index (Phi) is 5.27. The molecule has 0 aliphatic rings. The number of hydrogen-bond donors (Lipinski definition) is 0. The van der Waals surface area contributed by atoms with Gasteiger partial charge in [-0.15, -0.1) is 6.58 Å². The lowest BCUT2D eigenvalue weighted by molar-refractivity contribution is 0.436. The molecule has 0 radical (unpaired) electrons. The zero-order chi connectivity index (χ0) is 19.6. The number of allylic oxidation sites excluding steroid dienone is 1. The molecule has 0 aliphatic heterocycles. The van der Waals surface area contributed by atoms with Crippen LogP contribution in [0.25, 0.3) is 10.8 Å². The molecule has 0 nitrogen and oxygen atoms in total. The highest BCUT2D eigenvalue weighted by Crippen LogP contribution is 2.25. The van der Waals surface area contributed by atoms with Crippen molar-refractivity contribution in [3.8, 4) is 11.8 Å². The van der Waals surface area contributed by atoms with Crippen molar-refractivity contribution >= 4 is 10.8 Å². The SMILES string of the molecule is C=CCCc1c(F)c(F)c(C#Cc2ccc3cc(F)ccc3c2)c(F)c1F. The summed E-state index contributed by atoms with van der Waals surface area (Å²) < 4.78 is 69.7. The molecule has 136 valence electrons. The van der Waals surface area contributed by atoms with Crippen LogP contribution in [0.4, 0.5) is 22.0 Å². The second kappa shape index (κ2) is 7.63. The lowest BCUT2D eigenvalue weighted by atomic mass is 10.0. The summed E-state index contributed by atoms with van der Waals surface area (Å²) in [5.74, 6) is -1.69. The van der Waals surface area contributed by atoms with E-state index in [-0.39, 0.29) is 12.8 Å². The number of benzene rings is 3. The standard InChI is InChI=1S/C22H13F5/c1-2-3-4-17-19(24)21(26)18(22(27)20(17)25)10-6-13-5-7-15-12-16(23)9-8-14(15)11-13/h2,5,7-9,11-12H,1,3-4H2. The Balaban J connectivity index is 2.04. The minimum absolute atomic E-state index is 0.176. The summed E-state index contributed by atoms with van der Waals surface area (Å²) in [7, 11) is 0. The Morgan fingerprint density at radius 3 is 2.07 bits per heavy atom. The maximum Gasteiger partial charge on any atom is 0.177 e. The summed E-state index contributed by atoms with van der Waals surface area (Å²) in [5.41, 5.74) is -1.26. The predicted molar refractivity (Wildman–Crippen MR) is 94.7 cm³/mol. The predicted octanol–water partition coefficient (Wildman–Crippen LogP) is 6.05. The highest BCUT2D eigenvalue weighted by atomic mass is 19.2. The van der Waals surface area contributed by atoms with E-state index in [0.29, 0.717) is 16.3 Å². The highest BCUT2D eigenvalue weighted by Gasteiger charge is 2.23. The van der Waals surface area contributed by atoms with Gasteiger partial charge in [0, 0.05) is 11.1 Å². The van der Waals surface area contributed by atoms with Gasteiger partial charge in [0.05, 0.1) is 0 Å². The van der Waals surface area contributed by atoms with Gasteiger partial charge in [-0.05, 0) is 47.9 Å². The third kappa shape index (κ3) is 3.70. The van der Waals surface area contributed by atoms with E-state index in [2.05, 4.69) is 18.4 Å². The van der Waals surface area contributed by atoms with Crippen LogP contribution in [0, 0.1) is 40.9 Å². The molecule has 0 amide bonds. The van der Waals surface area contributed by atoms with Gasteiger partial charge in [-0.2, -0.15) is 0 Å². The van der Waals surface area contributed by atoms with E-state index in [9.17, 15) is 22.0 Å². The molecule has 0 N–H and O–H groups in total. The summed E-state index contributed by atoms with van der Waals surface area (Å²) >= 11 is 0. The molecule has 0 aromatic heterocycles. The molecule has 0 saturated heterocycles. The average Bonchev–Trinajstić information content (AvgIpc) is 2.66. The van der Waals surface area contributed by atoms with Crippen molar-refractivity contribution in [2.45, 2.75) is 12.8 Å². The van der Waals surface area contributed by atoms with Crippen molar-refractivity contribution in [2.24, 2.45) is 0 Å². The Labute approximate surface area is 152 Å². The number of halogens is 5. The smallest absolute Gasteiger partial charge is 0.177 e. The van der Waals surface area contributed by atoms with E-state index < -0.39 is 40.2 Å². The molecular weight excluding hydrogens is 359 g/mol. The van der Waals surface area contributed by atoms with Gasteiger partial charge in [0.25, 0.3) is 0 Å². The van der Waals surface area contributed by atoms with Gasteiger partial charge in [0.1, 0.15) is 11.4 Å². The minimum Gasteiger partial charge on any atom is -0.207 e. The van der Waals surface area contributed by atoms with Crippen LogP contribution in [-0.4, -0.2) is 0 Å². The molecule has 3 rings (SSSR count). The van der Waals surface area contributed by atoms with E-state index in [1.807, 2.05) is 0 Å². The van der Waals surface area contributed by atoms with E-state index in [1.165, 1.54) is 30.3 Å². The van der Waals surface area contributed by atoms with Crippen molar-refractivity contribution in [1.82, 2.24) is 0 Å². The van der Waals surface area contributed by atoms with Crippen molar-refractivity contribution < 1.29 is 22.0 Å². The molecule has 0 heterocycles. The molecule has 0 aliphatic carbocycles. The van der Waals surface area contributed by atoms with Crippen LogP contribution in [0.3, 0.4) is 0 Å². The summed E-state index contributed by atoms with van der Waals surface area (Å²) in [5, 5.41) is 1.29. The molecule has 3 aromatic carbocycles. The zero-order valence-electron chi connectivity index (χ0n) is 14.1. The van der Waals surface area contributed by atoms with Crippen LogP contribution in [0.2, 0.25) is 0 Å². The molecule has 0 spiro atoms. The fraction of sp³-hybridized carbons (Fsp3) is 0.0909. The Hall–Kier alpha value is -3.13. The molecule has 3 aromatic rings. The average molecular weight is 372 g/mol. The minimum atomic E-state index is -1.52. The first-order valence-corrected chi connectivity index (χ1v) is 8.09. The quantitative estimate of drug-likeness (QED) is 0.227. The fourth-order valence-electron chi connectivity index (χ4n) is 2.68. The van der Waals surface area contributed by atoms with E-state index in [1.54, 1.807) is 12.1 Å². The number of fused-ring (bicyclic) bond motifs is 1. The van der Waals surface area contributed by atoms with Crippen molar-refractivity contribution in [1.29, 1.82) is 0 Å². The molecule has 5 heteroatoms. The monoisotopic (exact) mass is 372 g/mol. The van der Waals surface area contributed by atoms with Crippen LogP contribution in [0.5, 0.6) is 0 Å². The normalized spacial score (nSPS) is 10.6. The molecular formula is C22H13F5. The molecule has 27 heavy (non-hydrogen) atoms. The first kappa shape index (κ1) is 18.7. The molecule has 0 unspecified atom stereocenters. The van der Waals surface area contributed by atoms with Crippen LogP contribution >= 0.6 is 0 Å². The maximum absolute atomic E-state index is 14.2. The van der Waals surface area contributed by atoms with Crippen LogP contribution in [-0.2, 0) is 6.42 Å². The molecule has 0 atom stereocenters. The van der Waals surface area contributed by atoms with E-state index >= 15 is 0 Å². The Morgan fingerprint density at radius 1 is 0.778 bits per heavy atom. The summed E-state index contributed by atoms with van der Waals surface area (Å²) in [6.45, 7) is 3.41. The van der Waals surface area contributed by atoms with Gasteiger partial charge in [0.2, 0.25) is 0 Å². The van der Waals surface area contributed by atoms with Crippen molar-refractivity contribution in [3.63, 3.8) is 0 Å². The summed E-state index contributed by atoms with van der Waals surface area (Å²) in [6, 6.07) is 8.84. The fourth-order valence-corrected chi connectivity index (χ4v) is 2.68. The van der Waals surface area contributed by atoms with Crippen molar-refractivity contribution in [3.05, 3.63) is 94.8 Å². The Bertz CT molecular complexity index is 1070. The van der Waals surface area contributed by atoms with Crippen molar-refractivity contribution in [2.75, 3.05) is 0 Å². The Morgan fingerprint density at radius 2 is 1.41 bits per heavy atom. The molecule has 0 bridgehead atoms. The van der Waals surface area contributed by atoms with E-state index in [0.717, 1.165) is 0 Å². The van der Waals surface area contributed by atoms with Crippen LogP contribution in [0.15, 0.2) is 49.1 Å². The van der Waals surface area contributed by atoms with Gasteiger partial charge < -0.3 is 0 Å². The number of rotatable bonds is 3. The third-order valence-electron chi connectivity index (χ3n) is 4.09. The van der Waals surface area contributed by atoms with Crippen LogP contribution < -0.4 is 0 Å². The molecule has 0 saturated carbocycles. The summed E-state index contributed by atoms with van der Waals surface area (Å²) in [6.07, 6.45) is 1.37. The first-order chi connectivity index (χ1) is 12.9. The van der Waals surface area contributed by atoms with Crippen LogP contribution in [0.1, 0.15) is 23.1 Å². The second-order valence-corrected chi connectivity index (χ2v) is 5.89. The van der Waals surface area contributed by atoms with Gasteiger partial charge in [-0.3, -0.25) is 0 Å². The zero-order valence-corrected chi connectivity index (χ0v) is 14.1. The largest absolute Gasteiger partial charge is 0.207 e. The summed E-state index contributed by atoms with van der Waals surface area (Å²) in [4.78, 5) is 0.